The zero-order valence-electron chi connectivity index (χ0n) is 12.7. The molecule has 112 valence electrons. The molecule has 3 rings (SSSR count). The molecule has 0 bridgehead atoms. The minimum atomic E-state index is -0.160. The second-order valence-corrected chi connectivity index (χ2v) is 5.69. The molecule has 0 aromatic carbocycles. The van der Waals surface area contributed by atoms with Gasteiger partial charge in [0.15, 0.2) is 5.65 Å². The van der Waals surface area contributed by atoms with Crippen LogP contribution in [-0.2, 0) is 16.6 Å². The first-order valence-electron chi connectivity index (χ1n) is 7.03. The van der Waals surface area contributed by atoms with Crippen LogP contribution in [0.1, 0.15) is 25.6 Å². The van der Waals surface area contributed by atoms with Gasteiger partial charge in [-0.15, -0.1) is 0 Å². The monoisotopic (exact) mass is 289 g/mol. The fourth-order valence-electron chi connectivity index (χ4n) is 2.49. The molecule has 7 heteroatoms. The molecule has 1 fully saturated rings. The summed E-state index contributed by atoms with van der Waals surface area (Å²) in [5.74, 6) is 1.66. The second-order valence-electron chi connectivity index (χ2n) is 5.69. The summed E-state index contributed by atoms with van der Waals surface area (Å²) in [6.45, 7) is 5.39. The molecule has 0 amide bonds. The lowest BCUT2D eigenvalue weighted by atomic mass is 10.00. The van der Waals surface area contributed by atoms with Gasteiger partial charge in [-0.2, -0.15) is 5.10 Å². The van der Waals surface area contributed by atoms with Crippen molar-refractivity contribution in [3.05, 3.63) is 12.0 Å². The first-order chi connectivity index (χ1) is 10.0. The predicted molar refractivity (Wildman–Crippen MR) is 78.1 cm³/mol. The van der Waals surface area contributed by atoms with Crippen molar-refractivity contribution < 1.29 is 9.53 Å². The molecule has 1 aliphatic rings. The van der Waals surface area contributed by atoms with E-state index in [0.29, 0.717) is 13.1 Å². The molecule has 0 spiro atoms. The van der Waals surface area contributed by atoms with Crippen LogP contribution in [0.3, 0.4) is 0 Å². The maximum absolute atomic E-state index is 11.5. The zero-order chi connectivity index (χ0) is 15.1. The summed E-state index contributed by atoms with van der Waals surface area (Å²) in [5, 5.41) is 5.19. The molecule has 0 N–H and O–H groups in total. The Hall–Kier alpha value is -2.18. The van der Waals surface area contributed by atoms with Crippen molar-refractivity contribution in [2.45, 2.75) is 19.8 Å². The van der Waals surface area contributed by atoms with E-state index in [4.69, 9.17) is 4.74 Å². The molecular formula is C14H19N5O2. The smallest absolute Gasteiger partial charge is 0.312 e. The number of carbonyl (C=O) groups excluding carboxylic acids is 1. The van der Waals surface area contributed by atoms with E-state index in [2.05, 4.69) is 33.8 Å². The largest absolute Gasteiger partial charge is 0.469 e. The molecule has 0 atom stereocenters. The first kappa shape index (κ1) is 13.8. The van der Waals surface area contributed by atoms with Crippen LogP contribution in [0.5, 0.6) is 0 Å². The normalized spacial score (nSPS) is 15.6. The third kappa shape index (κ3) is 2.22. The third-order valence-electron chi connectivity index (χ3n) is 3.82. The number of carbonyl (C=O) groups is 1. The molecule has 21 heavy (non-hydrogen) atoms. The number of ether oxygens (including phenoxy) is 1. The number of esters is 1. The number of aromatic nitrogens is 4. The van der Waals surface area contributed by atoms with E-state index in [0.717, 1.165) is 22.7 Å². The number of rotatable bonds is 3. The highest BCUT2D eigenvalue weighted by Crippen LogP contribution is 2.30. The van der Waals surface area contributed by atoms with Crippen LogP contribution in [0, 0.1) is 5.92 Å². The summed E-state index contributed by atoms with van der Waals surface area (Å²) in [5.41, 5.74) is 0.824. The van der Waals surface area contributed by atoms with E-state index in [1.165, 1.54) is 7.11 Å². The molecule has 3 heterocycles. The van der Waals surface area contributed by atoms with Gasteiger partial charge in [0.05, 0.1) is 24.6 Å². The minimum Gasteiger partial charge on any atom is -0.469 e. The molecule has 1 aliphatic heterocycles. The van der Waals surface area contributed by atoms with E-state index in [1.54, 1.807) is 10.9 Å². The fraction of sp³-hybridized carbons (Fsp3) is 0.571. The molecule has 7 nitrogen and oxygen atoms in total. The van der Waals surface area contributed by atoms with Crippen LogP contribution in [0.15, 0.2) is 6.20 Å². The number of nitrogens with zero attached hydrogens (tertiary/aromatic N) is 5. The molecule has 0 radical (unpaired) electrons. The summed E-state index contributed by atoms with van der Waals surface area (Å²) in [7, 11) is 3.29. The summed E-state index contributed by atoms with van der Waals surface area (Å²) in [6.07, 6.45) is 1.78. The molecule has 2 aromatic rings. The number of hydrogen-bond donors (Lipinski definition) is 0. The van der Waals surface area contributed by atoms with Gasteiger partial charge in [-0.25, -0.2) is 9.97 Å². The van der Waals surface area contributed by atoms with Crippen molar-refractivity contribution >= 4 is 22.8 Å². The van der Waals surface area contributed by atoms with Crippen molar-refractivity contribution in [1.29, 1.82) is 0 Å². The van der Waals surface area contributed by atoms with Crippen molar-refractivity contribution in [2.75, 3.05) is 25.1 Å². The molecular weight excluding hydrogens is 270 g/mol. The van der Waals surface area contributed by atoms with E-state index in [1.807, 2.05) is 7.05 Å². The Bertz CT molecular complexity index is 688. The summed E-state index contributed by atoms with van der Waals surface area (Å²) < 4.78 is 6.53. The van der Waals surface area contributed by atoms with Crippen LogP contribution >= 0.6 is 0 Å². The van der Waals surface area contributed by atoms with Gasteiger partial charge >= 0.3 is 5.97 Å². The zero-order valence-corrected chi connectivity index (χ0v) is 12.7. The van der Waals surface area contributed by atoms with Crippen LogP contribution in [0.4, 0.5) is 5.82 Å². The van der Waals surface area contributed by atoms with Crippen molar-refractivity contribution in [3.63, 3.8) is 0 Å². The van der Waals surface area contributed by atoms with Crippen LogP contribution in [-0.4, -0.2) is 45.9 Å². The number of fused-ring (bicyclic) bond motifs is 1. The highest BCUT2D eigenvalue weighted by Gasteiger charge is 2.35. The lowest BCUT2D eigenvalue weighted by Crippen LogP contribution is -2.51. The van der Waals surface area contributed by atoms with Gasteiger partial charge in [-0.05, 0) is 0 Å². The Labute approximate surface area is 122 Å². The van der Waals surface area contributed by atoms with Gasteiger partial charge in [0.2, 0.25) is 0 Å². The van der Waals surface area contributed by atoms with Crippen molar-refractivity contribution in [3.8, 4) is 0 Å². The van der Waals surface area contributed by atoms with E-state index in [-0.39, 0.29) is 17.8 Å². The average Bonchev–Trinajstić information content (AvgIpc) is 2.78. The second kappa shape index (κ2) is 4.98. The van der Waals surface area contributed by atoms with E-state index >= 15 is 0 Å². The Morgan fingerprint density at radius 2 is 2.10 bits per heavy atom. The Balaban J connectivity index is 1.97. The lowest BCUT2D eigenvalue weighted by molar-refractivity contribution is -0.146. The average molecular weight is 289 g/mol. The topological polar surface area (TPSA) is 73.1 Å². The standard InChI is InChI=1S/C14H19N5O2/c1-8(2)11-16-12-10(5-15-18(12)3)13(17-11)19-6-9(7-19)14(20)21-4/h5,8-9H,6-7H2,1-4H3. The highest BCUT2D eigenvalue weighted by atomic mass is 16.5. The number of hydrogen-bond acceptors (Lipinski definition) is 6. The Morgan fingerprint density at radius 3 is 2.71 bits per heavy atom. The molecule has 0 unspecified atom stereocenters. The Morgan fingerprint density at radius 1 is 1.38 bits per heavy atom. The van der Waals surface area contributed by atoms with Gasteiger partial charge in [0.1, 0.15) is 11.6 Å². The molecule has 1 saturated heterocycles. The fourth-order valence-corrected chi connectivity index (χ4v) is 2.49. The van der Waals surface area contributed by atoms with Gasteiger partial charge in [0, 0.05) is 26.1 Å². The Kier molecular flexibility index (Phi) is 3.27. The van der Waals surface area contributed by atoms with Gasteiger partial charge < -0.3 is 9.64 Å². The van der Waals surface area contributed by atoms with E-state index in [9.17, 15) is 4.79 Å². The first-order valence-corrected chi connectivity index (χ1v) is 7.03. The quantitative estimate of drug-likeness (QED) is 0.788. The van der Waals surface area contributed by atoms with Crippen molar-refractivity contribution in [2.24, 2.45) is 13.0 Å². The minimum absolute atomic E-state index is 0.0702. The maximum atomic E-state index is 11.5. The molecule has 0 aliphatic carbocycles. The SMILES string of the molecule is COC(=O)C1CN(c2nc(C(C)C)nc3c2cnn3C)C1. The van der Waals surface area contributed by atoms with E-state index < -0.39 is 0 Å². The van der Waals surface area contributed by atoms with Crippen LogP contribution in [0.25, 0.3) is 11.0 Å². The third-order valence-corrected chi connectivity index (χ3v) is 3.82. The number of anilines is 1. The van der Waals surface area contributed by atoms with Gasteiger partial charge in [-0.3, -0.25) is 9.48 Å². The van der Waals surface area contributed by atoms with Crippen molar-refractivity contribution in [1.82, 2.24) is 19.7 Å². The van der Waals surface area contributed by atoms with Crippen LogP contribution < -0.4 is 4.90 Å². The number of methoxy groups -OCH3 is 1. The van der Waals surface area contributed by atoms with Crippen LogP contribution in [0.2, 0.25) is 0 Å². The highest BCUT2D eigenvalue weighted by molar-refractivity contribution is 5.88. The van der Waals surface area contributed by atoms with Gasteiger partial charge in [-0.1, -0.05) is 13.8 Å². The number of aryl methyl sites for hydroxylation is 1. The lowest BCUT2D eigenvalue weighted by Gasteiger charge is -2.38. The summed E-state index contributed by atoms with van der Waals surface area (Å²) in [6, 6.07) is 0. The molecule has 2 aromatic heterocycles. The predicted octanol–water partition coefficient (Wildman–Crippen LogP) is 1.10. The summed E-state index contributed by atoms with van der Waals surface area (Å²) in [4.78, 5) is 22.8. The molecule has 0 saturated carbocycles. The van der Waals surface area contributed by atoms with Gasteiger partial charge in [0.25, 0.3) is 0 Å². The maximum Gasteiger partial charge on any atom is 0.312 e. The summed E-state index contributed by atoms with van der Waals surface area (Å²) >= 11 is 0.